The summed E-state index contributed by atoms with van der Waals surface area (Å²) in [7, 11) is 2.83. The molecule has 1 aromatic rings. The number of benzene rings is 1. The number of carboxylic acids is 2. The number of aliphatic imine (C=N–C) groups is 1. The van der Waals surface area contributed by atoms with Crippen molar-refractivity contribution in [3.05, 3.63) is 72.0 Å². The van der Waals surface area contributed by atoms with E-state index in [1.54, 1.807) is 34.0 Å². The van der Waals surface area contributed by atoms with Gasteiger partial charge in [0.1, 0.15) is 23.8 Å². The van der Waals surface area contributed by atoms with Gasteiger partial charge in [0.05, 0.1) is 30.0 Å². The Morgan fingerprint density at radius 2 is 1.49 bits per heavy atom. The molecule has 392 valence electrons. The number of carbonyl (C=O) groups is 9. The van der Waals surface area contributed by atoms with Crippen LogP contribution in [0.15, 0.2) is 71.4 Å². The summed E-state index contributed by atoms with van der Waals surface area (Å²) in [6.07, 6.45) is 4.08. The molecule has 0 bridgehead atoms. The van der Waals surface area contributed by atoms with E-state index in [1.807, 2.05) is 43.3 Å². The van der Waals surface area contributed by atoms with E-state index in [0.717, 1.165) is 10.5 Å². The summed E-state index contributed by atoms with van der Waals surface area (Å²) in [5, 5.41) is 33.4. The van der Waals surface area contributed by atoms with Crippen LogP contribution in [0.2, 0.25) is 0 Å². The third kappa shape index (κ3) is 20.2. The van der Waals surface area contributed by atoms with Crippen molar-refractivity contribution in [1.29, 1.82) is 0 Å². The van der Waals surface area contributed by atoms with Gasteiger partial charge in [0.2, 0.25) is 29.5 Å². The van der Waals surface area contributed by atoms with E-state index in [0.29, 0.717) is 12.0 Å². The zero-order valence-electron chi connectivity index (χ0n) is 42.4. The maximum atomic E-state index is 14.4. The van der Waals surface area contributed by atoms with Gasteiger partial charge in [-0.1, -0.05) is 95.3 Å². The number of ketones is 1. The molecule has 21 heteroatoms. The van der Waals surface area contributed by atoms with Gasteiger partial charge in [0, 0.05) is 45.4 Å². The first-order valence-electron chi connectivity index (χ1n) is 23.7. The molecule has 11 N–H and O–H groups in total. The fourth-order valence-electron chi connectivity index (χ4n) is 7.71. The molecule has 0 saturated carbocycles. The number of carboxylic acid groups (broad SMARTS) is 2. The third-order valence-corrected chi connectivity index (χ3v) is 12.3. The highest BCUT2D eigenvalue weighted by Gasteiger charge is 2.38. The van der Waals surface area contributed by atoms with Crippen LogP contribution in [0, 0.1) is 29.6 Å². The Morgan fingerprint density at radius 1 is 0.873 bits per heavy atom. The van der Waals surface area contributed by atoms with Crippen molar-refractivity contribution in [3.8, 4) is 0 Å². The van der Waals surface area contributed by atoms with Crippen LogP contribution in [0.25, 0.3) is 0 Å². The van der Waals surface area contributed by atoms with Crippen LogP contribution < -0.4 is 38.1 Å². The predicted octanol–water partition coefficient (Wildman–Crippen LogP) is 1.71. The van der Waals surface area contributed by atoms with E-state index in [4.69, 9.17) is 16.2 Å². The van der Waals surface area contributed by atoms with E-state index in [2.05, 4.69) is 38.2 Å². The quantitative estimate of drug-likeness (QED) is 0.0397. The van der Waals surface area contributed by atoms with Crippen molar-refractivity contribution in [2.45, 2.75) is 130 Å². The van der Waals surface area contributed by atoms with Crippen molar-refractivity contribution >= 4 is 59.1 Å². The third-order valence-electron chi connectivity index (χ3n) is 12.3. The molecule has 0 aromatic heterocycles. The SMILES string of the molecule is C=C1C(=O)N[C@H](C)C(=O)N[C@@H](CC(C)C)C(=O)C[C@@H](C(=O)O)[C@H](C)C(=O)N[C@@H](CCCN=C(N)N)C(=O)N[C@@H](C=CC(C)=C[C@H](C)[C@H](Cc2ccccc2)OC)[C@H](C)C(=O)N[C@@H](C(=O)O)CCC(=O)N1C. The van der Waals surface area contributed by atoms with Gasteiger partial charge in [-0.25, -0.2) is 4.79 Å². The van der Waals surface area contributed by atoms with Gasteiger partial charge < -0.3 is 57.9 Å². The van der Waals surface area contributed by atoms with Crippen molar-refractivity contribution in [2.24, 2.45) is 46.0 Å². The van der Waals surface area contributed by atoms with E-state index < -0.39 is 126 Å². The summed E-state index contributed by atoms with van der Waals surface area (Å²) in [5.41, 5.74) is 12.4. The average Bonchev–Trinajstić information content (AvgIpc) is 3.31. The second-order valence-corrected chi connectivity index (χ2v) is 18.6. The van der Waals surface area contributed by atoms with Crippen molar-refractivity contribution in [3.63, 3.8) is 0 Å². The Labute approximate surface area is 416 Å². The molecule has 0 radical (unpaired) electrons. The zero-order chi connectivity index (χ0) is 53.7. The molecule has 1 fully saturated rings. The summed E-state index contributed by atoms with van der Waals surface area (Å²) in [6.45, 7) is 15.1. The molecule has 1 saturated heterocycles. The van der Waals surface area contributed by atoms with Gasteiger partial charge in [-0.15, -0.1) is 0 Å². The first kappa shape index (κ1) is 60.2. The minimum atomic E-state index is -1.63. The Balaban J connectivity index is 2.73. The highest BCUT2D eigenvalue weighted by Crippen LogP contribution is 2.22. The lowest BCUT2D eigenvalue weighted by Gasteiger charge is -2.28. The number of nitrogens with two attached hydrogens (primary N) is 2. The van der Waals surface area contributed by atoms with Crippen LogP contribution in [-0.4, -0.2) is 131 Å². The van der Waals surface area contributed by atoms with Crippen LogP contribution in [0.5, 0.6) is 0 Å². The van der Waals surface area contributed by atoms with Gasteiger partial charge in [-0.3, -0.25) is 43.3 Å². The van der Waals surface area contributed by atoms with Gasteiger partial charge in [-0.2, -0.15) is 0 Å². The molecule has 0 spiro atoms. The molecule has 0 aliphatic carbocycles. The summed E-state index contributed by atoms with van der Waals surface area (Å²) < 4.78 is 5.82. The number of nitrogens with one attached hydrogen (secondary N) is 5. The molecule has 6 amide bonds. The molecule has 1 aromatic carbocycles. The van der Waals surface area contributed by atoms with E-state index in [1.165, 1.54) is 33.9 Å². The lowest BCUT2D eigenvalue weighted by Crippen LogP contribution is -2.54. The lowest BCUT2D eigenvalue weighted by molar-refractivity contribution is -0.149. The van der Waals surface area contributed by atoms with E-state index >= 15 is 0 Å². The molecule has 0 unspecified atom stereocenters. The number of nitrogens with zero attached hydrogens (tertiary/aromatic N) is 2. The Bertz CT molecular complexity index is 2160. The van der Waals surface area contributed by atoms with Crippen molar-refractivity contribution in [1.82, 2.24) is 31.5 Å². The minimum Gasteiger partial charge on any atom is -0.481 e. The molecule has 21 nitrogen and oxygen atoms in total. The number of aliphatic carboxylic acids is 2. The van der Waals surface area contributed by atoms with Crippen LogP contribution in [0.4, 0.5) is 0 Å². The molecule has 71 heavy (non-hydrogen) atoms. The summed E-state index contributed by atoms with van der Waals surface area (Å²) in [6, 6.07) is 3.08. The standard InChI is InChI=1S/C50H75N9O12/c1-27(2)23-39-40(60)26-35(48(67)68)30(5)43(62)56-37(17-14-22-53-50(51)52)47(66)55-36(19-18-28(3)24-29(4)41(71-10)25-34-15-12-11-13-16-34)31(6)44(63)57-38(49(69)70)20-21-42(61)59(9)33(8)46(65)54-32(7)45(64)58-39/h11-13,15-16,18-19,24,27,29-32,35-39,41H,8,14,17,20-23,25-26H2,1-7,9-10H3,(H,54,65)(H,55,66)(H,56,62)(H,57,63)(H,58,64)(H,67,68)(H,69,70)(H4,51,52,53)/t29-,30-,31-,32+,35+,36-,37-,38+,39-,41-/m0/s1. The molecule has 1 aliphatic rings. The molecule has 10 atom stereocenters. The van der Waals surface area contributed by atoms with Gasteiger partial charge in [-0.05, 0) is 57.4 Å². The molecule has 1 heterocycles. The summed E-state index contributed by atoms with van der Waals surface area (Å²) in [5.74, 6) is -13.5. The number of carbonyl (C=O) groups excluding carboxylic acids is 7. The molecule has 1 aliphatic heterocycles. The normalized spacial score (nSPS) is 25.4. The number of likely N-dealkylation sites (N-methyl/N-ethyl adjacent to an activating group) is 1. The van der Waals surface area contributed by atoms with Crippen molar-refractivity contribution < 1.29 is 58.1 Å². The average molecular weight is 994 g/mol. The number of hydrogen-bond donors (Lipinski definition) is 9. The molecular weight excluding hydrogens is 919 g/mol. The molecular formula is C50H75N9O12. The lowest BCUT2D eigenvalue weighted by atomic mass is 9.85. The van der Waals surface area contributed by atoms with Crippen LogP contribution >= 0.6 is 0 Å². The summed E-state index contributed by atoms with van der Waals surface area (Å²) in [4.78, 5) is 126. The van der Waals surface area contributed by atoms with E-state index in [9.17, 15) is 53.4 Å². The fourth-order valence-corrected chi connectivity index (χ4v) is 7.71. The maximum absolute atomic E-state index is 14.4. The summed E-state index contributed by atoms with van der Waals surface area (Å²) >= 11 is 0. The second kappa shape index (κ2) is 29.3. The Kier molecular flexibility index (Phi) is 24.9. The van der Waals surface area contributed by atoms with Crippen LogP contribution in [0.3, 0.4) is 0 Å². The molecule has 2 rings (SSSR count). The predicted molar refractivity (Wildman–Crippen MR) is 266 cm³/mol. The highest BCUT2D eigenvalue weighted by molar-refractivity contribution is 6.00. The smallest absolute Gasteiger partial charge is 0.326 e. The monoisotopic (exact) mass is 994 g/mol. The topological polar surface area (TPSA) is 331 Å². The maximum Gasteiger partial charge on any atom is 0.326 e. The highest BCUT2D eigenvalue weighted by atomic mass is 16.5. The Hall–Kier alpha value is -6.90. The number of hydrogen-bond acceptors (Lipinski definition) is 11. The first-order valence-corrected chi connectivity index (χ1v) is 23.7. The zero-order valence-corrected chi connectivity index (χ0v) is 42.4. The van der Waals surface area contributed by atoms with Crippen LogP contribution in [0.1, 0.15) is 92.6 Å². The number of rotatable bonds is 15. The van der Waals surface area contributed by atoms with Crippen LogP contribution in [-0.2, 0) is 54.3 Å². The van der Waals surface area contributed by atoms with Gasteiger partial charge in [0.25, 0.3) is 5.91 Å². The number of allylic oxidation sites excluding steroid dienone is 2. The first-order chi connectivity index (χ1) is 33.3. The van der Waals surface area contributed by atoms with Gasteiger partial charge >= 0.3 is 11.9 Å². The second-order valence-electron chi connectivity index (χ2n) is 18.6. The number of amides is 6. The number of guanidine groups is 1. The largest absolute Gasteiger partial charge is 0.481 e. The number of Topliss-reactive ketones (excluding diaryl/α,β-unsaturated/α-hetero) is 1. The number of ether oxygens (including phenoxy) is 1. The Morgan fingerprint density at radius 3 is 2.07 bits per heavy atom. The van der Waals surface area contributed by atoms with Crippen molar-refractivity contribution in [2.75, 3.05) is 20.7 Å². The minimum absolute atomic E-state index is 0.0368. The van der Waals surface area contributed by atoms with Gasteiger partial charge in [0.15, 0.2) is 11.7 Å². The fraction of sp³-hybridized carbons (Fsp3) is 0.560. The number of methoxy groups -OCH3 is 1. The van der Waals surface area contributed by atoms with E-state index in [-0.39, 0.29) is 49.7 Å².